The van der Waals surface area contributed by atoms with Crippen LogP contribution < -0.4 is 10.1 Å². The number of halogens is 3. The summed E-state index contributed by atoms with van der Waals surface area (Å²) < 4.78 is 47.2. The van der Waals surface area contributed by atoms with Crippen molar-refractivity contribution in [3.8, 4) is 16.9 Å². The predicted octanol–water partition coefficient (Wildman–Crippen LogP) is 3.92. The van der Waals surface area contributed by atoms with Gasteiger partial charge >= 0.3 is 12.4 Å². The lowest BCUT2D eigenvalue weighted by molar-refractivity contribution is -0.274. The molecule has 1 aromatic carbocycles. The van der Waals surface area contributed by atoms with Gasteiger partial charge in [-0.25, -0.2) is 4.79 Å². The molecule has 3 aromatic rings. The Hall–Kier alpha value is -3.82. The number of alkyl halides is 3. The zero-order valence-electron chi connectivity index (χ0n) is 14.8. The van der Waals surface area contributed by atoms with Crippen molar-refractivity contribution < 1.29 is 31.9 Å². The second-order valence-electron chi connectivity index (χ2n) is 6.18. The molecule has 0 spiro atoms. The fraction of sp³-hybridized carbons (Fsp3) is 0.105. The lowest BCUT2D eigenvalue weighted by Crippen LogP contribution is -2.24. The number of carbonyl (C=O) groups excluding carboxylic acids is 2. The number of hydrogen-bond acceptors (Lipinski definition) is 5. The summed E-state index contributed by atoms with van der Waals surface area (Å²) in [4.78, 5) is 28.6. The van der Waals surface area contributed by atoms with Gasteiger partial charge < -0.3 is 9.15 Å². The Labute approximate surface area is 161 Å². The summed E-state index contributed by atoms with van der Waals surface area (Å²) >= 11 is 0. The van der Waals surface area contributed by atoms with Gasteiger partial charge in [0.15, 0.2) is 0 Å². The number of nitrogens with one attached hydrogen (secondary N) is 1. The Kier molecular flexibility index (Phi) is 4.26. The van der Waals surface area contributed by atoms with E-state index in [2.05, 4.69) is 15.0 Å². The maximum absolute atomic E-state index is 12.5. The molecule has 1 aliphatic rings. The number of pyridine rings is 1. The standard InChI is InChI=1S/C19H12F3N3O4/c1-25-15(17(26)24-18(25)27)7-13-6-11-8-23-9-14(16(11)28-13)10-3-2-4-12(5-10)29-19(20,21)22/h2-9H,1H3,(H,24,26,27)/b15-7+. The highest BCUT2D eigenvalue weighted by molar-refractivity contribution is 6.13. The van der Waals surface area contributed by atoms with Gasteiger partial charge in [-0.05, 0) is 23.8 Å². The highest BCUT2D eigenvalue weighted by Gasteiger charge is 2.31. The van der Waals surface area contributed by atoms with E-state index >= 15 is 0 Å². The first kappa shape index (κ1) is 18.5. The molecule has 3 heterocycles. The van der Waals surface area contributed by atoms with Gasteiger partial charge in [-0.3, -0.25) is 20.0 Å². The van der Waals surface area contributed by atoms with Crippen LogP contribution in [0.15, 0.2) is 52.8 Å². The van der Waals surface area contributed by atoms with Crippen LogP contribution >= 0.6 is 0 Å². The SMILES string of the molecule is CN1C(=O)NC(=O)/C1=C\c1cc2cncc(-c3cccc(OC(F)(F)F)c3)c2o1. The first-order valence-corrected chi connectivity index (χ1v) is 8.26. The molecule has 1 fully saturated rings. The molecule has 0 atom stereocenters. The maximum atomic E-state index is 12.5. The molecule has 0 bridgehead atoms. The number of amides is 3. The van der Waals surface area contributed by atoms with Crippen molar-refractivity contribution in [2.45, 2.75) is 6.36 Å². The molecule has 3 amide bonds. The summed E-state index contributed by atoms with van der Waals surface area (Å²) in [5, 5.41) is 2.73. The highest BCUT2D eigenvalue weighted by Crippen LogP contribution is 2.34. The summed E-state index contributed by atoms with van der Waals surface area (Å²) in [7, 11) is 1.44. The third-order valence-corrected chi connectivity index (χ3v) is 4.22. The molecule has 10 heteroatoms. The van der Waals surface area contributed by atoms with E-state index < -0.39 is 18.3 Å². The Morgan fingerprint density at radius 1 is 1.21 bits per heavy atom. The van der Waals surface area contributed by atoms with Crippen molar-refractivity contribution >= 4 is 29.0 Å². The first-order valence-electron chi connectivity index (χ1n) is 8.26. The number of nitrogens with zero attached hydrogens (tertiary/aromatic N) is 2. The van der Waals surface area contributed by atoms with Crippen molar-refractivity contribution in [1.29, 1.82) is 0 Å². The number of hydrogen-bond donors (Lipinski definition) is 1. The molecule has 4 rings (SSSR count). The van der Waals surface area contributed by atoms with Crippen molar-refractivity contribution in [3.63, 3.8) is 0 Å². The fourth-order valence-corrected chi connectivity index (χ4v) is 2.92. The minimum Gasteiger partial charge on any atom is -0.456 e. The Morgan fingerprint density at radius 2 is 2.00 bits per heavy atom. The number of benzene rings is 1. The first-order chi connectivity index (χ1) is 13.7. The quantitative estimate of drug-likeness (QED) is 0.529. The van der Waals surface area contributed by atoms with Crippen LogP contribution in [0, 0.1) is 0 Å². The molecule has 148 valence electrons. The van der Waals surface area contributed by atoms with Crippen LogP contribution in [0.1, 0.15) is 5.76 Å². The number of carbonyl (C=O) groups is 2. The zero-order valence-corrected chi connectivity index (χ0v) is 14.8. The monoisotopic (exact) mass is 403 g/mol. The number of rotatable bonds is 3. The molecule has 7 nitrogen and oxygen atoms in total. The van der Waals surface area contributed by atoms with Crippen LogP contribution in [0.2, 0.25) is 0 Å². The van der Waals surface area contributed by atoms with Gasteiger partial charge in [0.25, 0.3) is 5.91 Å². The topological polar surface area (TPSA) is 84.7 Å². The molecular weight excluding hydrogens is 391 g/mol. The van der Waals surface area contributed by atoms with Crippen LogP contribution in [-0.4, -0.2) is 35.2 Å². The van der Waals surface area contributed by atoms with E-state index in [9.17, 15) is 22.8 Å². The average Bonchev–Trinajstić information content (AvgIpc) is 3.16. The van der Waals surface area contributed by atoms with E-state index in [-0.39, 0.29) is 17.2 Å². The molecule has 0 saturated carbocycles. The molecule has 1 N–H and O–H groups in total. The third-order valence-electron chi connectivity index (χ3n) is 4.22. The van der Waals surface area contributed by atoms with Gasteiger partial charge in [-0.2, -0.15) is 0 Å². The van der Waals surface area contributed by atoms with E-state index in [0.717, 1.165) is 4.90 Å². The van der Waals surface area contributed by atoms with E-state index in [4.69, 9.17) is 4.42 Å². The van der Waals surface area contributed by atoms with Crippen LogP contribution in [0.4, 0.5) is 18.0 Å². The summed E-state index contributed by atoms with van der Waals surface area (Å²) in [5.74, 6) is -0.652. The summed E-state index contributed by atoms with van der Waals surface area (Å²) in [6.45, 7) is 0. The second-order valence-corrected chi connectivity index (χ2v) is 6.18. The number of likely N-dealkylation sites (N-methyl/N-ethyl adjacent to an activating group) is 1. The number of fused-ring (bicyclic) bond motifs is 1. The van der Waals surface area contributed by atoms with Gasteiger partial charge in [-0.15, -0.1) is 13.2 Å². The maximum Gasteiger partial charge on any atom is 0.573 e. The summed E-state index contributed by atoms with van der Waals surface area (Å²) in [6, 6.07) is 6.48. The molecule has 0 aliphatic carbocycles. The van der Waals surface area contributed by atoms with Crippen LogP contribution in [0.5, 0.6) is 5.75 Å². The van der Waals surface area contributed by atoms with Crippen molar-refractivity contribution in [2.24, 2.45) is 0 Å². The molecule has 2 aromatic heterocycles. The second kappa shape index (κ2) is 6.66. The minimum atomic E-state index is -4.81. The predicted molar refractivity (Wildman–Crippen MR) is 95.4 cm³/mol. The summed E-state index contributed by atoms with van der Waals surface area (Å²) in [5.41, 5.74) is 1.32. The number of urea groups is 1. The van der Waals surface area contributed by atoms with Crippen molar-refractivity contribution in [3.05, 3.63) is 54.2 Å². The van der Waals surface area contributed by atoms with E-state index in [1.54, 1.807) is 12.1 Å². The zero-order chi connectivity index (χ0) is 20.8. The molecule has 29 heavy (non-hydrogen) atoms. The molecule has 1 saturated heterocycles. The Morgan fingerprint density at radius 3 is 2.69 bits per heavy atom. The molecule has 1 aliphatic heterocycles. The van der Waals surface area contributed by atoms with E-state index in [1.807, 2.05) is 0 Å². The molecule has 0 unspecified atom stereocenters. The lowest BCUT2D eigenvalue weighted by Gasteiger charge is -2.10. The molecular formula is C19H12F3N3O4. The van der Waals surface area contributed by atoms with Gasteiger partial charge in [0.2, 0.25) is 0 Å². The normalized spacial score (nSPS) is 16.0. The van der Waals surface area contributed by atoms with E-state index in [0.29, 0.717) is 22.1 Å². The highest BCUT2D eigenvalue weighted by atomic mass is 19.4. The number of aromatic nitrogens is 1. The number of imide groups is 1. The van der Waals surface area contributed by atoms with Crippen LogP contribution in [0.3, 0.4) is 0 Å². The smallest absolute Gasteiger partial charge is 0.456 e. The molecule has 0 radical (unpaired) electrons. The lowest BCUT2D eigenvalue weighted by atomic mass is 10.1. The Bertz CT molecular complexity index is 1170. The van der Waals surface area contributed by atoms with Gasteiger partial charge in [-0.1, -0.05) is 12.1 Å². The van der Waals surface area contributed by atoms with Gasteiger partial charge in [0.1, 0.15) is 22.8 Å². The van der Waals surface area contributed by atoms with Crippen molar-refractivity contribution in [2.75, 3.05) is 7.05 Å². The van der Waals surface area contributed by atoms with Crippen LogP contribution in [-0.2, 0) is 4.79 Å². The number of ether oxygens (including phenoxy) is 1. The van der Waals surface area contributed by atoms with Gasteiger partial charge in [0, 0.05) is 36.5 Å². The van der Waals surface area contributed by atoms with Crippen LogP contribution in [0.25, 0.3) is 28.2 Å². The minimum absolute atomic E-state index is 0.101. The Balaban J connectivity index is 1.76. The largest absolute Gasteiger partial charge is 0.573 e. The fourth-order valence-electron chi connectivity index (χ4n) is 2.92. The number of furan rings is 1. The summed E-state index contributed by atoms with van der Waals surface area (Å²) in [6.07, 6.45) is -0.442. The van der Waals surface area contributed by atoms with E-state index in [1.165, 1.54) is 43.7 Å². The average molecular weight is 403 g/mol. The third kappa shape index (κ3) is 3.64. The van der Waals surface area contributed by atoms with Gasteiger partial charge in [0.05, 0.1) is 0 Å². The van der Waals surface area contributed by atoms with Crippen molar-refractivity contribution in [1.82, 2.24) is 15.2 Å².